The summed E-state index contributed by atoms with van der Waals surface area (Å²) in [4.78, 5) is 14.9. The van der Waals surface area contributed by atoms with Gasteiger partial charge >= 0.3 is 0 Å². The molecule has 1 atom stereocenters. The molecule has 0 spiro atoms. The molecule has 88 valence electrons. The van der Waals surface area contributed by atoms with Gasteiger partial charge in [0.25, 0.3) is 0 Å². The van der Waals surface area contributed by atoms with E-state index in [0.29, 0.717) is 5.96 Å². The Morgan fingerprint density at radius 3 is 2.60 bits per heavy atom. The first-order valence-electron chi connectivity index (χ1n) is 5.25. The smallest absolute Gasteiger partial charge is 0.188 e. The van der Waals surface area contributed by atoms with Crippen molar-refractivity contribution >= 4 is 11.7 Å². The zero-order chi connectivity index (χ0) is 11.7. The van der Waals surface area contributed by atoms with Crippen LogP contribution in [0.4, 0.5) is 0 Å². The number of guanidine groups is 1. The highest BCUT2D eigenvalue weighted by Crippen LogP contribution is 2.00. The third kappa shape index (κ3) is 6.90. The molecule has 0 aromatic carbocycles. The van der Waals surface area contributed by atoms with Gasteiger partial charge in [0.05, 0.1) is 6.04 Å². The molecule has 0 aliphatic carbocycles. The lowest BCUT2D eigenvalue weighted by atomic mass is 10.1. The first-order chi connectivity index (χ1) is 7.11. The molecule has 0 rings (SSSR count). The summed E-state index contributed by atoms with van der Waals surface area (Å²) in [6.45, 7) is 2.42. The highest BCUT2D eigenvalue weighted by molar-refractivity contribution is 5.81. The van der Waals surface area contributed by atoms with Crippen LogP contribution in [-0.2, 0) is 4.79 Å². The third-order valence-electron chi connectivity index (χ3n) is 2.31. The van der Waals surface area contributed by atoms with E-state index in [1.165, 1.54) is 0 Å². The lowest BCUT2D eigenvalue weighted by Gasteiger charge is -2.12. The Hall–Kier alpha value is -1.10. The minimum Gasteiger partial charge on any atom is -0.370 e. The number of carbonyl (C=O) groups is 1. The van der Waals surface area contributed by atoms with E-state index in [-0.39, 0.29) is 11.8 Å². The molecule has 0 bridgehead atoms. The molecule has 0 aromatic heterocycles. The minimum absolute atomic E-state index is 0.0119. The molecule has 0 aliphatic heterocycles. The van der Waals surface area contributed by atoms with E-state index >= 15 is 0 Å². The van der Waals surface area contributed by atoms with Gasteiger partial charge in [-0.25, -0.2) is 0 Å². The van der Waals surface area contributed by atoms with Gasteiger partial charge in [-0.1, -0.05) is 0 Å². The van der Waals surface area contributed by atoms with Gasteiger partial charge in [0.2, 0.25) is 0 Å². The van der Waals surface area contributed by atoms with Crippen molar-refractivity contribution in [3.63, 3.8) is 0 Å². The zero-order valence-corrected chi connectivity index (χ0v) is 9.84. The van der Waals surface area contributed by atoms with Crippen molar-refractivity contribution < 1.29 is 4.79 Å². The van der Waals surface area contributed by atoms with Gasteiger partial charge in [-0.05, 0) is 33.2 Å². The topological polar surface area (TPSA) is 79.5 Å². The lowest BCUT2D eigenvalue weighted by molar-refractivity contribution is -0.119. The summed E-state index contributed by atoms with van der Waals surface area (Å²) >= 11 is 0. The zero-order valence-electron chi connectivity index (χ0n) is 9.84. The maximum atomic E-state index is 11.1. The minimum atomic E-state index is -0.0119. The molecule has 5 nitrogen and oxygen atoms in total. The van der Waals surface area contributed by atoms with Crippen LogP contribution in [0, 0.1) is 0 Å². The quantitative estimate of drug-likeness (QED) is 0.313. The number of aliphatic imine (C=N–C) groups is 1. The Morgan fingerprint density at radius 1 is 1.47 bits per heavy atom. The highest BCUT2D eigenvalue weighted by atomic mass is 16.1. The summed E-state index contributed by atoms with van der Waals surface area (Å²) in [6, 6.07) is -0.0119. The number of ketones is 1. The van der Waals surface area contributed by atoms with E-state index in [0.717, 1.165) is 25.8 Å². The fraction of sp³-hybridized carbons (Fsp3) is 0.800. The van der Waals surface area contributed by atoms with Crippen molar-refractivity contribution in [2.75, 3.05) is 20.6 Å². The summed E-state index contributed by atoms with van der Waals surface area (Å²) in [5.41, 5.74) is 5.46. The Balaban J connectivity index is 3.49. The molecule has 0 aliphatic rings. The Kier molecular flexibility index (Phi) is 7.62. The van der Waals surface area contributed by atoms with Gasteiger partial charge in [0, 0.05) is 13.6 Å². The van der Waals surface area contributed by atoms with E-state index in [4.69, 9.17) is 5.73 Å². The molecule has 5 heteroatoms. The first-order valence-corrected chi connectivity index (χ1v) is 5.25. The van der Waals surface area contributed by atoms with Crippen LogP contribution in [0.5, 0.6) is 0 Å². The van der Waals surface area contributed by atoms with E-state index < -0.39 is 0 Å². The Morgan fingerprint density at radius 2 is 2.13 bits per heavy atom. The van der Waals surface area contributed by atoms with Crippen LogP contribution in [0.1, 0.15) is 26.2 Å². The number of nitrogens with two attached hydrogens (primary N) is 1. The predicted octanol–water partition coefficient (Wildman–Crippen LogP) is -0.132. The predicted molar refractivity (Wildman–Crippen MR) is 62.9 cm³/mol. The van der Waals surface area contributed by atoms with Crippen molar-refractivity contribution in [3.05, 3.63) is 0 Å². The normalized spacial score (nSPS) is 13.7. The number of likely N-dealkylation sites (N-methyl/N-ethyl adjacent to an activating group) is 1. The molecule has 0 saturated carbocycles. The van der Waals surface area contributed by atoms with Crippen molar-refractivity contribution in [2.45, 2.75) is 32.2 Å². The van der Waals surface area contributed by atoms with Crippen LogP contribution < -0.4 is 16.4 Å². The molecule has 0 fully saturated rings. The average molecular weight is 214 g/mol. The van der Waals surface area contributed by atoms with Gasteiger partial charge in [0.15, 0.2) is 5.96 Å². The molecule has 0 saturated heterocycles. The number of nitrogens with one attached hydrogen (secondary N) is 2. The van der Waals surface area contributed by atoms with Crippen LogP contribution in [0.3, 0.4) is 0 Å². The molecule has 0 heterocycles. The second kappa shape index (κ2) is 8.23. The van der Waals surface area contributed by atoms with Crippen molar-refractivity contribution in [1.29, 1.82) is 0 Å². The largest absolute Gasteiger partial charge is 0.370 e. The fourth-order valence-electron chi connectivity index (χ4n) is 1.32. The van der Waals surface area contributed by atoms with Crippen molar-refractivity contribution in [2.24, 2.45) is 10.7 Å². The van der Waals surface area contributed by atoms with Crippen LogP contribution in [-0.4, -0.2) is 38.4 Å². The van der Waals surface area contributed by atoms with Crippen LogP contribution in [0.2, 0.25) is 0 Å². The molecule has 0 radical (unpaired) electrons. The maximum absolute atomic E-state index is 11.1. The number of rotatable bonds is 7. The summed E-state index contributed by atoms with van der Waals surface area (Å²) < 4.78 is 0. The van der Waals surface area contributed by atoms with Crippen LogP contribution >= 0.6 is 0 Å². The van der Waals surface area contributed by atoms with Gasteiger partial charge in [-0.3, -0.25) is 9.79 Å². The van der Waals surface area contributed by atoms with E-state index in [9.17, 15) is 4.79 Å². The molecule has 4 N–H and O–H groups in total. The maximum Gasteiger partial charge on any atom is 0.188 e. The molecule has 15 heavy (non-hydrogen) atoms. The Bertz CT molecular complexity index is 215. The number of hydrogen-bond acceptors (Lipinski definition) is 3. The van der Waals surface area contributed by atoms with Crippen molar-refractivity contribution in [1.82, 2.24) is 10.6 Å². The standard InChI is InChI=1S/C10H22N4O/c1-8(15)9(12-2)6-4-5-7-14-10(11)13-3/h9,12H,4-7H2,1-3H3,(H3,11,13,14)/t9-/m0/s1. The van der Waals surface area contributed by atoms with Crippen LogP contribution in [0.25, 0.3) is 0 Å². The van der Waals surface area contributed by atoms with Crippen molar-refractivity contribution in [3.8, 4) is 0 Å². The third-order valence-corrected chi connectivity index (χ3v) is 2.31. The number of hydrogen-bond donors (Lipinski definition) is 3. The summed E-state index contributed by atoms with van der Waals surface area (Å²) in [6.07, 6.45) is 2.85. The van der Waals surface area contributed by atoms with E-state index in [1.807, 2.05) is 7.05 Å². The molecule has 0 amide bonds. The lowest BCUT2D eigenvalue weighted by Crippen LogP contribution is -2.33. The number of unbranched alkanes of at least 4 members (excludes halogenated alkanes) is 1. The first kappa shape index (κ1) is 13.9. The number of Topliss-reactive ketones (excluding diaryl/α,β-unsaturated/α-hetero) is 1. The fourth-order valence-corrected chi connectivity index (χ4v) is 1.32. The van der Waals surface area contributed by atoms with Gasteiger partial charge in [-0.2, -0.15) is 0 Å². The van der Waals surface area contributed by atoms with Gasteiger partial charge in [-0.15, -0.1) is 0 Å². The van der Waals surface area contributed by atoms with Gasteiger partial charge in [0.1, 0.15) is 5.78 Å². The monoisotopic (exact) mass is 214 g/mol. The average Bonchev–Trinajstić information content (AvgIpc) is 2.22. The number of carbonyl (C=O) groups excluding carboxylic acids is 1. The van der Waals surface area contributed by atoms with E-state index in [1.54, 1.807) is 14.0 Å². The summed E-state index contributed by atoms with van der Waals surface area (Å²) in [5.74, 6) is 0.659. The van der Waals surface area contributed by atoms with E-state index in [2.05, 4.69) is 15.6 Å². The highest BCUT2D eigenvalue weighted by Gasteiger charge is 2.09. The number of nitrogens with zero attached hydrogens (tertiary/aromatic N) is 1. The summed E-state index contributed by atoms with van der Waals surface area (Å²) in [5, 5.41) is 5.97. The Labute approximate surface area is 91.5 Å². The van der Waals surface area contributed by atoms with Crippen LogP contribution in [0.15, 0.2) is 4.99 Å². The van der Waals surface area contributed by atoms with Gasteiger partial charge < -0.3 is 16.4 Å². The molecular weight excluding hydrogens is 192 g/mol. The SMILES string of the molecule is C/N=C(\N)NCCCC[C@H](NC)C(C)=O. The second-order valence-corrected chi connectivity index (χ2v) is 3.48. The summed E-state index contributed by atoms with van der Waals surface area (Å²) in [7, 11) is 3.46. The molecule has 0 aromatic rings. The molecular formula is C10H22N4O. The second-order valence-electron chi connectivity index (χ2n) is 3.48. The molecule has 0 unspecified atom stereocenters.